The summed E-state index contributed by atoms with van der Waals surface area (Å²) >= 11 is 7.29. The maximum absolute atomic E-state index is 13.6. The van der Waals surface area contributed by atoms with Gasteiger partial charge in [-0.1, -0.05) is 114 Å². The Bertz CT molecular complexity index is 2080. The Morgan fingerprint density at radius 3 is 2.20 bits per heavy atom. The summed E-state index contributed by atoms with van der Waals surface area (Å²) in [6.07, 6.45) is 21.1. The third-order valence-corrected chi connectivity index (χ3v) is 11.2. The largest absolute Gasteiger partial charge is 0.506 e. The fourth-order valence-electron chi connectivity index (χ4n) is 6.72. The molecular formula is C44H60ClN9O6S. The number of carbonyl (C=O) groups excluding carboxylic acids is 2. The highest BCUT2D eigenvalue weighted by Gasteiger charge is 2.23. The van der Waals surface area contributed by atoms with Gasteiger partial charge in [0.1, 0.15) is 5.75 Å². The molecule has 5 aromatic rings. The number of aromatic hydroxyl groups is 1. The van der Waals surface area contributed by atoms with Crippen LogP contribution in [0.3, 0.4) is 0 Å². The number of carbonyl (C=O) groups is 2. The molecule has 2 amide bonds. The van der Waals surface area contributed by atoms with Gasteiger partial charge in [-0.05, 0) is 73.2 Å². The second-order valence-corrected chi connectivity index (χ2v) is 16.3. The van der Waals surface area contributed by atoms with Gasteiger partial charge in [-0.15, -0.1) is 5.10 Å². The van der Waals surface area contributed by atoms with Crippen molar-refractivity contribution in [2.45, 2.75) is 121 Å². The van der Waals surface area contributed by atoms with E-state index >= 15 is 0 Å². The number of nitrogens with zero attached hydrogens (tertiary/aromatic N) is 6. The molecular weight excluding hydrogens is 818 g/mol. The predicted molar refractivity (Wildman–Crippen MR) is 241 cm³/mol. The third kappa shape index (κ3) is 15.4. The van der Waals surface area contributed by atoms with E-state index in [1.54, 1.807) is 12.1 Å². The Kier molecular flexibility index (Phi) is 19.8. The molecule has 0 spiro atoms. The Hall–Kier alpha value is -5.06. The molecule has 17 heteroatoms. The molecule has 6 N–H and O–H groups in total. The van der Waals surface area contributed by atoms with Crippen molar-refractivity contribution in [1.29, 1.82) is 0 Å². The van der Waals surface area contributed by atoms with Gasteiger partial charge in [-0.3, -0.25) is 4.79 Å². The number of furan rings is 1. The summed E-state index contributed by atoms with van der Waals surface area (Å²) < 4.78 is 21.5. The van der Waals surface area contributed by atoms with E-state index < -0.39 is 12.0 Å². The molecule has 0 aliphatic carbocycles. The average Bonchev–Trinajstić information content (AvgIpc) is 3.95. The van der Waals surface area contributed by atoms with Crippen molar-refractivity contribution in [1.82, 2.24) is 24.6 Å². The molecule has 0 fully saturated rings. The quantitative estimate of drug-likeness (QED) is 0.0261. The highest BCUT2D eigenvalue weighted by atomic mass is 35.5. The molecule has 0 aliphatic heterocycles. The van der Waals surface area contributed by atoms with E-state index in [9.17, 15) is 14.7 Å². The molecule has 3 heterocycles. The van der Waals surface area contributed by atoms with E-state index in [1.165, 1.54) is 123 Å². The van der Waals surface area contributed by atoms with Crippen LogP contribution in [0, 0.1) is 0 Å². The zero-order valence-electron chi connectivity index (χ0n) is 35.2. The highest BCUT2D eigenvalue weighted by molar-refractivity contribution is 8.00. The molecule has 0 radical (unpaired) electrons. The van der Waals surface area contributed by atoms with E-state index in [0.29, 0.717) is 43.1 Å². The minimum Gasteiger partial charge on any atom is -0.506 e. The van der Waals surface area contributed by atoms with Crippen LogP contribution in [0.25, 0.3) is 17.4 Å². The molecule has 5 rings (SSSR count). The number of nitrogens with one attached hydrogen (secondary N) is 1. The van der Waals surface area contributed by atoms with Crippen molar-refractivity contribution < 1.29 is 28.6 Å². The van der Waals surface area contributed by atoms with Gasteiger partial charge in [0.05, 0.1) is 23.5 Å². The van der Waals surface area contributed by atoms with Gasteiger partial charge in [0.15, 0.2) is 5.76 Å². The van der Waals surface area contributed by atoms with E-state index in [2.05, 4.69) is 31.7 Å². The second-order valence-electron chi connectivity index (χ2n) is 15.0. The first-order valence-corrected chi connectivity index (χ1v) is 22.7. The number of ether oxygens (including phenoxy) is 2. The van der Waals surface area contributed by atoms with Gasteiger partial charge in [0.2, 0.25) is 17.7 Å². The van der Waals surface area contributed by atoms with Crippen LogP contribution < -0.4 is 21.1 Å². The summed E-state index contributed by atoms with van der Waals surface area (Å²) in [7, 11) is 0. The van der Waals surface area contributed by atoms with Crippen molar-refractivity contribution in [2.75, 3.05) is 41.7 Å². The van der Waals surface area contributed by atoms with E-state index in [-0.39, 0.29) is 53.0 Å². The zero-order valence-corrected chi connectivity index (χ0v) is 36.7. The normalized spacial score (nSPS) is 11.3. The van der Waals surface area contributed by atoms with Crippen molar-refractivity contribution >= 4 is 58.9 Å². The third-order valence-electron chi connectivity index (χ3n) is 10.1. The summed E-state index contributed by atoms with van der Waals surface area (Å²) in [6, 6.07) is 14.2. The number of nitrogen functional groups attached to an aromatic ring is 1. The predicted octanol–water partition coefficient (Wildman–Crippen LogP) is 10.4. The lowest BCUT2D eigenvalue weighted by Gasteiger charge is -2.20. The molecule has 0 aliphatic rings. The summed E-state index contributed by atoms with van der Waals surface area (Å²) in [5, 5.41) is 14.4. The van der Waals surface area contributed by atoms with Crippen LogP contribution in [0.15, 0.2) is 64.1 Å². The number of benzene rings is 2. The number of aryl methyl sites for hydroxylation is 1. The van der Waals surface area contributed by atoms with Crippen molar-refractivity contribution in [3.05, 3.63) is 70.9 Å². The topological polar surface area (TPSA) is 209 Å². The van der Waals surface area contributed by atoms with Gasteiger partial charge in [-0.2, -0.15) is 19.5 Å². The average molecular weight is 879 g/mol. The first kappa shape index (κ1) is 47.0. The van der Waals surface area contributed by atoms with Crippen LogP contribution in [0.4, 0.5) is 22.4 Å². The summed E-state index contributed by atoms with van der Waals surface area (Å²) in [5.41, 5.74) is 13.4. The SMILES string of the molecule is CCCCCCCCCCCCCCCCOCCCOC(=O)N(CCCc1ccc(NSc2cc(Cl)c(O)c(C(N)=O)c2)cc1)c1nc(N)n2nc(-c3ccco3)nc2n1. The lowest BCUT2D eigenvalue weighted by atomic mass is 10.0. The van der Waals surface area contributed by atoms with Crippen molar-refractivity contribution in [3.63, 3.8) is 0 Å². The number of primary amides is 1. The van der Waals surface area contributed by atoms with Gasteiger partial charge in [0.25, 0.3) is 11.7 Å². The maximum Gasteiger partial charge on any atom is 0.416 e. The molecule has 61 heavy (non-hydrogen) atoms. The van der Waals surface area contributed by atoms with E-state index in [4.69, 9.17) is 37.0 Å². The number of nitrogens with two attached hydrogens (primary N) is 2. The number of unbranched alkanes of at least 4 members (excludes halogenated alkanes) is 13. The summed E-state index contributed by atoms with van der Waals surface area (Å²) in [6.45, 7) is 3.87. The minimum atomic E-state index is -0.776. The molecule has 0 unspecified atom stereocenters. The van der Waals surface area contributed by atoms with E-state index in [0.717, 1.165) is 17.7 Å². The van der Waals surface area contributed by atoms with Crippen molar-refractivity contribution in [2.24, 2.45) is 5.73 Å². The van der Waals surface area contributed by atoms with Crippen LogP contribution in [0.2, 0.25) is 5.02 Å². The molecule has 0 atom stereocenters. The van der Waals surface area contributed by atoms with Gasteiger partial charge in [-0.25, -0.2) is 9.69 Å². The summed E-state index contributed by atoms with van der Waals surface area (Å²) in [5.74, 6) is -0.194. The number of aromatic nitrogens is 5. The molecule has 0 saturated carbocycles. The molecule has 0 saturated heterocycles. The maximum atomic E-state index is 13.6. The van der Waals surface area contributed by atoms with Crippen LogP contribution in [0.1, 0.15) is 126 Å². The number of fused-ring (bicyclic) bond motifs is 1. The molecule has 330 valence electrons. The molecule has 0 bridgehead atoms. The first-order valence-electron chi connectivity index (χ1n) is 21.5. The highest BCUT2D eigenvalue weighted by Crippen LogP contribution is 2.33. The lowest BCUT2D eigenvalue weighted by molar-refractivity contribution is 0.0994. The number of phenols is 1. The number of rotatable bonds is 29. The second kappa shape index (κ2) is 25.7. The Balaban J connectivity index is 1.06. The van der Waals surface area contributed by atoms with Crippen LogP contribution >= 0.6 is 23.5 Å². The fourth-order valence-corrected chi connectivity index (χ4v) is 7.73. The Morgan fingerprint density at radius 1 is 0.869 bits per heavy atom. The summed E-state index contributed by atoms with van der Waals surface area (Å²) in [4.78, 5) is 40.6. The van der Waals surface area contributed by atoms with Gasteiger partial charge >= 0.3 is 6.09 Å². The standard InChI is InChI=1S/C44H60ClN9O6S/c1-2-3-4-5-6-7-8-9-10-11-12-13-14-15-26-58-27-18-29-60-44(57)53(42-49-41(47)54-43(50-42)48-40(51-54)37-20-17-28-59-37)25-16-19-32-21-23-33(24-22-32)52-61-34-30-35(39(46)56)38(55)36(45)31-34/h17,20-24,28,30-31,52,55H,2-16,18-19,25-27,29H2,1H3,(H2,46,56)(H2,47,48,49,50,51). The van der Waals surface area contributed by atoms with Crippen LogP contribution in [-0.2, 0) is 15.9 Å². The van der Waals surface area contributed by atoms with Crippen LogP contribution in [0.5, 0.6) is 5.75 Å². The monoisotopic (exact) mass is 877 g/mol. The molecule has 3 aromatic heterocycles. The Labute approximate surface area is 367 Å². The molecule has 2 aromatic carbocycles. The van der Waals surface area contributed by atoms with E-state index in [1.807, 2.05) is 24.3 Å². The lowest BCUT2D eigenvalue weighted by Crippen LogP contribution is -2.35. The zero-order chi connectivity index (χ0) is 43.2. The number of halogens is 1. The van der Waals surface area contributed by atoms with Gasteiger partial charge in [0, 0.05) is 36.8 Å². The number of hydrogen-bond donors (Lipinski definition) is 4. The van der Waals surface area contributed by atoms with Crippen LogP contribution in [-0.4, -0.2) is 68.0 Å². The van der Waals surface area contributed by atoms with Crippen molar-refractivity contribution in [3.8, 4) is 17.3 Å². The van der Waals surface area contributed by atoms with Gasteiger partial charge < -0.3 is 35.2 Å². The number of hydrogen-bond acceptors (Lipinski definition) is 13. The fraction of sp³-hybridized carbons (Fsp3) is 0.500. The number of anilines is 3. The first-order chi connectivity index (χ1) is 29.7. The number of amides is 2. The molecule has 15 nitrogen and oxygen atoms in total. The Morgan fingerprint density at radius 2 is 1.54 bits per heavy atom. The minimum absolute atomic E-state index is 0.00129. The smallest absolute Gasteiger partial charge is 0.416 e.